The molecule has 0 aliphatic heterocycles. The second-order valence-corrected chi connectivity index (χ2v) is 9.31. The van der Waals surface area contributed by atoms with E-state index in [-0.39, 0.29) is 12.5 Å². The van der Waals surface area contributed by atoms with E-state index in [4.69, 9.17) is 4.74 Å². The first kappa shape index (κ1) is 20.4. The van der Waals surface area contributed by atoms with Gasteiger partial charge in [0.15, 0.2) is 0 Å². The van der Waals surface area contributed by atoms with Crippen LogP contribution in [0.2, 0.25) is 0 Å². The minimum Gasteiger partial charge on any atom is -0.457 e. The molecular formula is C24H19N3O3S2. The Balaban J connectivity index is 1.35. The topological polar surface area (TPSA) is 84.1 Å². The number of H-pyrrole nitrogens is 1. The highest BCUT2D eigenvalue weighted by atomic mass is 32.1. The Morgan fingerprint density at radius 3 is 2.75 bits per heavy atom. The molecule has 0 spiro atoms. The van der Waals surface area contributed by atoms with Gasteiger partial charge in [0.05, 0.1) is 15.1 Å². The van der Waals surface area contributed by atoms with Crippen LogP contribution in [-0.4, -0.2) is 27.9 Å². The van der Waals surface area contributed by atoms with E-state index < -0.39 is 12.0 Å². The molecule has 3 heterocycles. The lowest BCUT2D eigenvalue weighted by molar-refractivity contribution is -0.147. The minimum absolute atomic E-state index is 0.0669. The first-order valence-electron chi connectivity index (χ1n) is 10.1. The van der Waals surface area contributed by atoms with E-state index in [9.17, 15) is 9.59 Å². The van der Waals surface area contributed by atoms with Gasteiger partial charge in [0.25, 0.3) is 5.91 Å². The van der Waals surface area contributed by atoms with Gasteiger partial charge >= 0.3 is 5.97 Å². The van der Waals surface area contributed by atoms with Crippen LogP contribution >= 0.6 is 22.7 Å². The summed E-state index contributed by atoms with van der Waals surface area (Å²) >= 11 is 2.82. The summed E-state index contributed by atoms with van der Waals surface area (Å²) in [6, 6.07) is 18.4. The van der Waals surface area contributed by atoms with E-state index in [1.807, 2.05) is 60.1 Å². The second kappa shape index (κ2) is 8.94. The van der Waals surface area contributed by atoms with Crippen LogP contribution in [0.4, 0.5) is 0 Å². The number of esters is 1. The van der Waals surface area contributed by atoms with Gasteiger partial charge in [-0.15, -0.1) is 22.7 Å². The number of nitrogens with one attached hydrogen (secondary N) is 2. The lowest BCUT2D eigenvalue weighted by Gasteiger charge is -2.17. The van der Waals surface area contributed by atoms with E-state index in [1.54, 1.807) is 12.1 Å². The molecule has 160 valence electrons. The van der Waals surface area contributed by atoms with Crippen molar-refractivity contribution in [3.63, 3.8) is 0 Å². The first-order chi connectivity index (χ1) is 15.7. The minimum atomic E-state index is -0.821. The van der Waals surface area contributed by atoms with Crippen molar-refractivity contribution in [2.75, 3.05) is 0 Å². The van der Waals surface area contributed by atoms with Crippen molar-refractivity contribution in [2.45, 2.75) is 19.1 Å². The molecule has 0 saturated heterocycles. The average molecular weight is 462 g/mol. The Morgan fingerprint density at radius 1 is 1.06 bits per heavy atom. The summed E-state index contributed by atoms with van der Waals surface area (Å²) in [7, 11) is 0. The summed E-state index contributed by atoms with van der Waals surface area (Å²) < 4.78 is 6.63. The van der Waals surface area contributed by atoms with Gasteiger partial charge in [-0.1, -0.05) is 36.4 Å². The molecule has 0 bridgehead atoms. The average Bonchev–Trinajstić information content (AvgIpc) is 3.56. The number of rotatable bonds is 7. The van der Waals surface area contributed by atoms with Crippen LogP contribution in [0.3, 0.4) is 0 Å². The third-order valence-electron chi connectivity index (χ3n) is 5.11. The zero-order valence-electron chi connectivity index (χ0n) is 16.9. The Labute approximate surface area is 191 Å². The predicted molar refractivity (Wildman–Crippen MR) is 127 cm³/mol. The molecule has 2 N–H and O–H groups in total. The number of aromatic nitrogens is 2. The molecule has 32 heavy (non-hydrogen) atoms. The number of hydrogen-bond acceptors (Lipinski definition) is 6. The number of fused-ring (bicyclic) bond motifs is 2. The van der Waals surface area contributed by atoms with Crippen LogP contribution in [0, 0.1) is 0 Å². The first-order valence-corrected chi connectivity index (χ1v) is 11.8. The maximum atomic E-state index is 13.0. The maximum Gasteiger partial charge on any atom is 0.329 e. The Kier molecular flexibility index (Phi) is 5.70. The molecule has 0 aliphatic rings. The molecule has 8 heteroatoms. The highest BCUT2D eigenvalue weighted by molar-refractivity contribution is 7.18. The molecule has 0 radical (unpaired) electrons. The van der Waals surface area contributed by atoms with Crippen molar-refractivity contribution >= 4 is 55.7 Å². The number of thiophene rings is 1. The van der Waals surface area contributed by atoms with Crippen molar-refractivity contribution in [3.05, 3.63) is 87.7 Å². The molecule has 5 aromatic rings. The Morgan fingerprint density at radius 2 is 1.91 bits per heavy atom. The van der Waals surface area contributed by atoms with Crippen LogP contribution in [0.15, 0.2) is 72.2 Å². The van der Waals surface area contributed by atoms with Gasteiger partial charge < -0.3 is 15.0 Å². The van der Waals surface area contributed by atoms with Crippen LogP contribution in [0.25, 0.3) is 21.1 Å². The fourth-order valence-electron chi connectivity index (χ4n) is 3.57. The largest absolute Gasteiger partial charge is 0.457 e. The molecule has 2 aromatic carbocycles. The molecule has 0 saturated carbocycles. The number of aromatic amines is 1. The number of carbonyl (C=O) groups is 2. The Hall–Kier alpha value is -3.49. The van der Waals surface area contributed by atoms with Crippen LogP contribution < -0.4 is 5.32 Å². The SMILES string of the molecule is O=C(NC(Cc1c[nH]c2ccccc12)C(=O)OCc1nc2ccccc2s1)c1cccs1. The number of thiazole rings is 1. The molecule has 1 atom stereocenters. The highest BCUT2D eigenvalue weighted by Crippen LogP contribution is 2.23. The fourth-order valence-corrected chi connectivity index (χ4v) is 5.07. The molecule has 3 aromatic heterocycles. The number of carbonyl (C=O) groups excluding carboxylic acids is 2. The number of nitrogens with zero attached hydrogens (tertiary/aromatic N) is 1. The third-order valence-corrected chi connectivity index (χ3v) is 6.99. The van der Waals surface area contributed by atoms with Crippen LogP contribution in [0.5, 0.6) is 0 Å². The van der Waals surface area contributed by atoms with E-state index in [0.29, 0.717) is 11.3 Å². The second-order valence-electron chi connectivity index (χ2n) is 7.25. The van der Waals surface area contributed by atoms with E-state index >= 15 is 0 Å². The number of benzene rings is 2. The summed E-state index contributed by atoms with van der Waals surface area (Å²) in [5.41, 5.74) is 2.80. The lowest BCUT2D eigenvalue weighted by atomic mass is 10.0. The molecule has 1 unspecified atom stereocenters. The smallest absolute Gasteiger partial charge is 0.329 e. The summed E-state index contributed by atoms with van der Waals surface area (Å²) in [4.78, 5) is 34.0. The van der Waals surface area contributed by atoms with Gasteiger partial charge in [-0.05, 0) is 35.2 Å². The van der Waals surface area contributed by atoms with Gasteiger partial charge in [-0.25, -0.2) is 9.78 Å². The Bertz CT molecular complexity index is 1360. The standard InChI is InChI=1S/C24H19N3O3S2/c28-23(21-10-5-11-31-21)27-19(12-15-13-25-17-7-2-1-6-16(15)17)24(29)30-14-22-26-18-8-3-4-9-20(18)32-22/h1-11,13,19,25H,12,14H2,(H,27,28). The summed E-state index contributed by atoms with van der Waals surface area (Å²) in [5, 5.41) is 6.41. The van der Waals surface area contributed by atoms with Crippen LogP contribution in [-0.2, 0) is 22.6 Å². The van der Waals surface area contributed by atoms with E-state index in [1.165, 1.54) is 22.7 Å². The predicted octanol–water partition coefficient (Wildman–Crippen LogP) is 4.92. The van der Waals surface area contributed by atoms with Crippen molar-refractivity contribution in [2.24, 2.45) is 0 Å². The normalized spacial score (nSPS) is 12.1. The molecule has 6 nitrogen and oxygen atoms in total. The molecule has 0 aliphatic carbocycles. The number of ether oxygens (including phenoxy) is 1. The molecule has 5 rings (SSSR count). The lowest BCUT2D eigenvalue weighted by Crippen LogP contribution is -2.43. The van der Waals surface area contributed by atoms with Crippen molar-refractivity contribution in [1.29, 1.82) is 0 Å². The van der Waals surface area contributed by atoms with Crippen LogP contribution in [0.1, 0.15) is 20.2 Å². The van der Waals surface area contributed by atoms with Gasteiger partial charge in [0, 0.05) is 23.5 Å². The molecule has 0 fully saturated rings. The molecular weight excluding hydrogens is 442 g/mol. The maximum absolute atomic E-state index is 13.0. The quantitative estimate of drug-likeness (QED) is 0.337. The molecule has 1 amide bonds. The van der Waals surface area contributed by atoms with Gasteiger partial charge in [0.1, 0.15) is 17.7 Å². The van der Waals surface area contributed by atoms with Crippen molar-refractivity contribution in [3.8, 4) is 0 Å². The van der Waals surface area contributed by atoms with Crippen molar-refractivity contribution in [1.82, 2.24) is 15.3 Å². The number of amides is 1. The number of hydrogen-bond donors (Lipinski definition) is 2. The van der Waals surface area contributed by atoms with Gasteiger partial charge in [0.2, 0.25) is 0 Å². The zero-order chi connectivity index (χ0) is 21.9. The summed E-state index contributed by atoms with van der Waals surface area (Å²) in [5.74, 6) is -0.777. The van der Waals surface area contributed by atoms with Crippen molar-refractivity contribution < 1.29 is 14.3 Å². The zero-order valence-corrected chi connectivity index (χ0v) is 18.5. The van der Waals surface area contributed by atoms with Gasteiger partial charge in [-0.3, -0.25) is 4.79 Å². The van der Waals surface area contributed by atoms with E-state index in [2.05, 4.69) is 15.3 Å². The monoisotopic (exact) mass is 461 g/mol. The van der Waals surface area contributed by atoms with Gasteiger partial charge in [-0.2, -0.15) is 0 Å². The summed E-state index contributed by atoms with van der Waals surface area (Å²) in [6.07, 6.45) is 2.19. The summed E-state index contributed by atoms with van der Waals surface area (Å²) in [6.45, 7) is 0.0669. The number of para-hydroxylation sites is 2. The highest BCUT2D eigenvalue weighted by Gasteiger charge is 2.25. The third kappa shape index (κ3) is 4.28. The van der Waals surface area contributed by atoms with E-state index in [0.717, 1.165) is 31.7 Å². The fraction of sp³-hybridized carbons (Fsp3) is 0.125.